The maximum absolute atomic E-state index is 12.1. The van der Waals surface area contributed by atoms with E-state index in [0.717, 1.165) is 11.1 Å². The maximum atomic E-state index is 12.1. The Hall–Kier alpha value is -2.67. The van der Waals surface area contributed by atoms with Gasteiger partial charge in [-0.3, -0.25) is 9.52 Å². The normalized spacial score (nSPS) is 16.9. The summed E-state index contributed by atoms with van der Waals surface area (Å²) in [6, 6.07) is 15.0. The molecule has 7 heteroatoms. The van der Waals surface area contributed by atoms with Gasteiger partial charge < -0.3 is 0 Å². The molecule has 3 rings (SSSR count). The summed E-state index contributed by atoms with van der Waals surface area (Å²) in [7, 11) is -3.41. The van der Waals surface area contributed by atoms with E-state index in [-0.39, 0.29) is 17.7 Å². The van der Waals surface area contributed by atoms with E-state index in [4.69, 9.17) is 0 Å². The fourth-order valence-corrected chi connectivity index (χ4v) is 3.73. The van der Waals surface area contributed by atoms with Crippen LogP contribution < -0.4 is 4.72 Å². The largest absolute Gasteiger partial charge is 0.283 e. The zero-order valence-corrected chi connectivity index (χ0v) is 16.5. The zero-order chi connectivity index (χ0) is 19.6. The van der Waals surface area contributed by atoms with Gasteiger partial charge in [-0.05, 0) is 25.5 Å². The van der Waals surface area contributed by atoms with E-state index in [2.05, 4.69) is 9.82 Å². The Morgan fingerprint density at radius 1 is 1.19 bits per heavy atom. The van der Waals surface area contributed by atoms with Crippen molar-refractivity contribution in [3.63, 3.8) is 0 Å². The molecule has 6 nitrogen and oxygen atoms in total. The second-order valence-corrected chi connectivity index (χ2v) is 8.60. The summed E-state index contributed by atoms with van der Waals surface area (Å²) >= 11 is 0. The number of nitrogens with one attached hydrogen (secondary N) is 1. The molecule has 0 saturated heterocycles. The first-order chi connectivity index (χ1) is 12.8. The molecule has 2 aromatic rings. The molecule has 142 valence electrons. The molecule has 0 unspecified atom stereocenters. The highest BCUT2D eigenvalue weighted by Crippen LogP contribution is 2.34. The summed E-state index contributed by atoms with van der Waals surface area (Å²) in [5.74, 6) is -0.165. The molecule has 1 aliphatic rings. The highest BCUT2D eigenvalue weighted by atomic mass is 32.2. The van der Waals surface area contributed by atoms with Crippen LogP contribution in [0.15, 0.2) is 53.6 Å². The summed E-state index contributed by atoms with van der Waals surface area (Å²) in [5, 5.41) is 6.00. The molecule has 1 aliphatic heterocycles. The lowest BCUT2D eigenvalue weighted by atomic mass is 9.97. The van der Waals surface area contributed by atoms with E-state index >= 15 is 0 Å². The molecule has 1 heterocycles. The van der Waals surface area contributed by atoms with Gasteiger partial charge in [0.15, 0.2) is 0 Å². The third-order valence-corrected chi connectivity index (χ3v) is 5.87. The number of carbonyl (C=O) groups excluding carboxylic acids is 1. The van der Waals surface area contributed by atoms with Crippen LogP contribution in [0.25, 0.3) is 0 Å². The first-order valence-electron chi connectivity index (χ1n) is 8.84. The second-order valence-electron chi connectivity index (χ2n) is 6.59. The lowest BCUT2D eigenvalue weighted by Gasteiger charge is -2.20. The molecule has 1 N–H and O–H groups in total. The van der Waals surface area contributed by atoms with E-state index in [1.165, 1.54) is 11.9 Å². The molecule has 0 spiro atoms. The molecule has 0 saturated carbocycles. The SMILES string of the molecule is CCS(=O)(=O)Nc1ccccc1C1=NN(C(C)=O)[C@H](c2ccc(C)cc2)C1. The molecule has 0 aliphatic carbocycles. The van der Waals surface area contributed by atoms with Crippen LogP contribution in [0.3, 0.4) is 0 Å². The first kappa shape index (κ1) is 19.1. The van der Waals surface area contributed by atoms with Crippen LogP contribution in [0.1, 0.15) is 43.0 Å². The zero-order valence-electron chi connectivity index (χ0n) is 15.6. The van der Waals surface area contributed by atoms with E-state index in [9.17, 15) is 13.2 Å². The van der Waals surface area contributed by atoms with Gasteiger partial charge in [-0.2, -0.15) is 5.10 Å². The van der Waals surface area contributed by atoms with Crippen LogP contribution in [-0.4, -0.2) is 30.8 Å². The topological polar surface area (TPSA) is 78.8 Å². The lowest BCUT2D eigenvalue weighted by molar-refractivity contribution is -0.130. The second kappa shape index (κ2) is 7.52. The summed E-state index contributed by atoms with van der Waals surface area (Å²) < 4.78 is 26.6. The van der Waals surface area contributed by atoms with Gasteiger partial charge in [0, 0.05) is 18.9 Å². The number of rotatable bonds is 5. The average molecular weight is 385 g/mol. The summed E-state index contributed by atoms with van der Waals surface area (Å²) in [4.78, 5) is 12.1. The number of hydrogen-bond acceptors (Lipinski definition) is 4. The molecular weight excluding hydrogens is 362 g/mol. The van der Waals surface area contributed by atoms with Crippen LogP contribution in [-0.2, 0) is 14.8 Å². The third-order valence-electron chi connectivity index (χ3n) is 4.58. The number of benzene rings is 2. The van der Waals surface area contributed by atoms with Gasteiger partial charge in [0.25, 0.3) is 0 Å². The Bertz CT molecular complexity index is 982. The predicted octanol–water partition coefficient (Wildman–Crippen LogP) is 3.45. The maximum Gasteiger partial charge on any atom is 0.240 e. The molecule has 0 bridgehead atoms. The Morgan fingerprint density at radius 3 is 2.48 bits per heavy atom. The van der Waals surface area contributed by atoms with E-state index < -0.39 is 10.0 Å². The van der Waals surface area contributed by atoms with Crippen LogP contribution in [0.4, 0.5) is 5.69 Å². The van der Waals surface area contributed by atoms with Crippen molar-refractivity contribution < 1.29 is 13.2 Å². The smallest absolute Gasteiger partial charge is 0.240 e. The van der Waals surface area contributed by atoms with Gasteiger partial charge in [0.2, 0.25) is 15.9 Å². The van der Waals surface area contributed by atoms with E-state index in [1.807, 2.05) is 43.3 Å². The van der Waals surface area contributed by atoms with Gasteiger partial charge in [-0.25, -0.2) is 13.4 Å². The van der Waals surface area contributed by atoms with Crippen molar-refractivity contribution in [1.29, 1.82) is 0 Å². The monoisotopic (exact) mass is 385 g/mol. The van der Waals surface area contributed by atoms with Crippen molar-refractivity contribution in [2.24, 2.45) is 5.10 Å². The number of nitrogens with zero attached hydrogens (tertiary/aromatic N) is 2. The fraction of sp³-hybridized carbons (Fsp3) is 0.300. The minimum atomic E-state index is -3.41. The third kappa shape index (κ3) is 4.19. The number of carbonyl (C=O) groups is 1. The minimum Gasteiger partial charge on any atom is -0.283 e. The van der Waals surface area contributed by atoms with Gasteiger partial charge >= 0.3 is 0 Å². The summed E-state index contributed by atoms with van der Waals surface area (Å²) in [6.45, 7) is 5.08. The van der Waals surface area contributed by atoms with Crippen molar-refractivity contribution in [1.82, 2.24) is 5.01 Å². The average Bonchev–Trinajstić information content (AvgIpc) is 3.08. The van der Waals surface area contributed by atoms with Gasteiger partial charge in [-0.1, -0.05) is 48.0 Å². The first-order valence-corrected chi connectivity index (χ1v) is 10.5. The highest BCUT2D eigenvalue weighted by molar-refractivity contribution is 7.92. The van der Waals surface area contributed by atoms with Crippen LogP contribution >= 0.6 is 0 Å². The Morgan fingerprint density at radius 2 is 1.85 bits per heavy atom. The standard InChI is InChI=1S/C20H23N3O3S/c1-4-27(25,26)22-18-8-6-5-7-17(18)19-13-20(23(21-19)15(3)24)16-11-9-14(2)10-12-16/h5-12,20,22H,4,13H2,1-3H3/t20-/m0/s1. The number of anilines is 1. The van der Waals surface area contributed by atoms with Gasteiger partial charge in [0.05, 0.1) is 23.2 Å². The molecule has 0 aromatic heterocycles. The van der Waals surface area contributed by atoms with E-state index in [0.29, 0.717) is 23.4 Å². The van der Waals surface area contributed by atoms with Crippen molar-refractivity contribution in [2.75, 3.05) is 10.5 Å². The molecule has 27 heavy (non-hydrogen) atoms. The number of hydrazone groups is 1. The number of amides is 1. The Kier molecular flexibility index (Phi) is 5.32. The molecular formula is C20H23N3O3S. The molecule has 1 atom stereocenters. The van der Waals surface area contributed by atoms with Crippen LogP contribution in [0.5, 0.6) is 0 Å². The van der Waals surface area contributed by atoms with Crippen molar-refractivity contribution in [2.45, 2.75) is 33.2 Å². The molecule has 1 amide bonds. The van der Waals surface area contributed by atoms with Gasteiger partial charge in [-0.15, -0.1) is 0 Å². The number of para-hydroxylation sites is 1. The molecule has 2 aromatic carbocycles. The quantitative estimate of drug-likeness (QED) is 0.856. The molecule has 0 fully saturated rings. The molecule has 0 radical (unpaired) electrons. The summed E-state index contributed by atoms with van der Waals surface area (Å²) in [5.41, 5.74) is 4.00. The number of sulfonamides is 1. The number of hydrogen-bond donors (Lipinski definition) is 1. The van der Waals surface area contributed by atoms with Gasteiger partial charge in [0.1, 0.15) is 0 Å². The predicted molar refractivity (Wildman–Crippen MR) is 107 cm³/mol. The van der Waals surface area contributed by atoms with Crippen LogP contribution in [0, 0.1) is 6.92 Å². The van der Waals surface area contributed by atoms with Crippen LogP contribution in [0.2, 0.25) is 0 Å². The fourth-order valence-electron chi connectivity index (χ4n) is 3.07. The van der Waals surface area contributed by atoms with Crippen molar-refractivity contribution in [3.05, 3.63) is 65.2 Å². The number of aryl methyl sites for hydroxylation is 1. The van der Waals surface area contributed by atoms with Crippen molar-refractivity contribution >= 4 is 27.3 Å². The Labute approximate surface area is 159 Å². The van der Waals surface area contributed by atoms with E-state index in [1.54, 1.807) is 19.1 Å². The lowest BCUT2D eigenvalue weighted by Crippen LogP contribution is -2.24. The Balaban J connectivity index is 1.97. The highest BCUT2D eigenvalue weighted by Gasteiger charge is 2.32. The summed E-state index contributed by atoms with van der Waals surface area (Å²) in [6.07, 6.45) is 0.521. The minimum absolute atomic E-state index is 0.0145. The van der Waals surface area contributed by atoms with Crippen molar-refractivity contribution in [3.8, 4) is 0 Å².